The third-order valence-corrected chi connectivity index (χ3v) is 3.98. The Labute approximate surface area is 121 Å². The van der Waals surface area contributed by atoms with Crippen molar-refractivity contribution in [2.24, 2.45) is 5.73 Å². The van der Waals surface area contributed by atoms with Crippen LogP contribution in [0, 0.1) is 0 Å². The Kier molecular flexibility index (Phi) is 3.98. The minimum atomic E-state index is -0.335. The lowest BCUT2D eigenvalue weighted by atomic mass is 9.82. The highest BCUT2D eigenvalue weighted by Gasteiger charge is 2.40. The van der Waals surface area contributed by atoms with E-state index in [2.05, 4.69) is 20.8 Å². The van der Waals surface area contributed by atoms with Crippen molar-refractivity contribution in [2.75, 3.05) is 14.2 Å². The molecule has 2 atom stereocenters. The van der Waals surface area contributed by atoms with Gasteiger partial charge in [-0.15, -0.1) is 0 Å². The van der Waals surface area contributed by atoms with Gasteiger partial charge in [-0.3, -0.25) is 0 Å². The van der Waals surface area contributed by atoms with Crippen molar-refractivity contribution in [3.05, 3.63) is 23.8 Å². The molecule has 0 aliphatic carbocycles. The van der Waals surface area contributed by atoms with Crippen LogP contribution in [0.4, 0.5) is 0 Å². The first kappa shape index (κ1) is 15.1. The Morgan fingerprint density at radius 2 is 2.10 bits per heavy atom. The monoisotopic (exact) mass is 279 g/mol. The van der Waals surface area contributed by atoms with Crippen LogP contribution in [0.3, 0.4) is 0 Å². The molecule has 1 aliphatic heterocycles. The first-order valence-corrected chi connectivity index (χ1v) is 6.96. The molecule has 0 aromatic heterocycles. The van der Waals surface area contributed by atoms with Gasteiger partial charge < -0.3 is 19.9 Å². The van der Waals surface area contributed by atoms with Gasteiger partial charge in [-0.05, 0) is 26.8 Å². The lowest BCUT2D eigenvalue weighted by Gasteiger charge is -2.42. The molecule has 0 bridgehead atoms. The van der Waals surface area contributed by atoms with E-state index in [9.17, 15) is 0 Å². The maximum absolute atomic E-state index is 6.31. The second kappa shape index (κ2) is 5.26. The molecule has 0 saturated heterocycles. The van der Waals surface area contributed by atoms with Crippen LogP contribution in [0.1, 0.15) is 45.2 Å². The van der Waals surface area contributed by atoms with Gasteiger partial charge in [0.05, 0.1) is 12.7 Å². The molecule has 1 aromatic rings. The summed E-state index contributed by atoms with van der Waals surface area (Å²) in [6.07, 6.45) is 1.56. The first-order valence-electron chi connectivity index (χ1n) is 6.96. The third kappa shape index (κ3) is 3.07. The summed E-state index contributed by atoms with van der Waals surface area (Å²) in [5.41, 5.74) is 6.77. The van der Waals surface area contributed by atoms with E-state index in [1.54, 1.807) is 14.2 Å². The molecule has 0 fully saturated rings. The van der Waals surface area contributed by atoms with Crippen LogP contribution in [0.2, 0.25) is 0 Å². The number of nitrogens with two attached hydrogens (primary N) is 1. The van der Waals surface area contributed by atoms with Crippen molar-refractivity contribution in [1.29, 1.82) is 0 Å². The highest BCUT2D eigenvalue weighted by Crippen LogP contribution is 2.43. The summed E-state index contributed by atoms with van der Waals surface area (Å²) in [6, 6.07) is 5.79. The molecule has 0 radical (unpaired) electrons. The van der Waals surface area contributed by atoms with Crippen LogP contribution in [-0.4, -0.2) is 25.4 Å². The maximum atomic E-state index is 6.31. The minimum absolute atomic E-state index is 0.0256. The van der Waals surface area contributed by atoms with Crippen molar-refractivity contribution in [2.45, 2.75) is 50.9 Å². The number of methoxy groups -OCH3 is 2. The predicted octanol–water partition coefficient (Wildman–Crippen LogP) is 3.05. The number of hydrogen-bond donors (Lipinski definition) is 1. The highest BCUT2D eigenvalue weighted by molar-refractivity contribution is 5.44. The smallest absolute Gasteiger partial charge is 0.128 e. The summed E-state index contributed by atoms with van der Waals surface area (Å²) in [6.45, 7) is 6.22. The number of fused-ring (bicyclic) bond motifs is 1. The zero-order valence-electron chi connectivity index (χ0n) is 13.0. The molecular formula is C16H25NO3. The first-order chi connectivity index (χ1) is 9.28. The van der Waals surface area contributed by atoms with Crippen molar-refractivity contribution in [3.63, 3.8) is 0 Å². The topological polar surface area (TPSA) is 53.7 Å². The highest BCUT2D eigenvalue weighted by atomic mass is 16.5. The van der Waals surface area contributed by atoms with E-state index in [0.717, 1.165) is 29.9 Å². The zero-order valence-corrected chi connectivity index (χ0v) is 13.0. The molecule has 20 heavy (non-hydrogen) atoms. The number of rotatable bonds is 4. The Morgan fingerprint density at radius 1 is 1.40 bits per heavy atom. The number of benzene rings is 1. The van der Waals surface area contributed by atoms with Crippen molar-refractivity contribution >= 4 is 0 Å². The summed E-state index contributed by atoms with van der Waals surface area (Å²) in [5.74, 6) is 1.60. The number of ether oxygens (including phenoxy) is 3. The average Bonchev–Trinajstić information content (AvgIpc) is 2.36. The SMILES string of the molecule is COc1ccc2c(c1)OC(C)(CC(C)(C)OC)C[C@@H]2N. The molecule has 0 spiro atoms. The maximum Gasteiger partial charge on any atom is 0.128 e. The summed E-state index contributed by atoms with van der Waals surface area (Å²) >= 11 is 0. The molecule has 2 N–H and O–H groups in total. The molecule has 1 aromatic carbocycles. The van der Waals surface area contributed by atoms with E-state index in [4.69, 9.17) is 19.9 Å². The molecular weight excluding hydrogens is 254 g/mol. The lowest BCUT2D eigenvalue weighted by Crippen LogP contribution is -2.45. The van der Waals surface area contributed by atoms with Crippen LogP contribution in [-0.2, 0) is 4.74 Å². The molecule has 1 unspecified atom stereocenters. The molecule has 112 valence electrons. The van der Waals surface area contributed by atoms with E-state index < -0.39 is 0 Å². The summed E-state index contributed by atoms with van der Waals surface area (Å²) in [4.78, 5) is 0. The Morgan fingerprint density at radius 3 is 2.70 bits per heavy atom. The van der Waals surface area contributed by atoms with Crippen molar-refractivity contribution in [1.82, 2.24) is 0 Å². The molecule has 4 heteroatoms. The third-order valence-electron chi connectivity index (χ3n) is 3.98. The quantitative estimate of drug-likeness (QED) is 0.920. The van der Waals surface area contributed by atoms with Crippen LogP contribution >= 0.6 is 0 Å². The van der Waals surface area contributed by atoms with Gasteiger partial charge in [0.2, 0.25) is 0 Å². The van der Waals surface area contributed by atoms with Gasteiger partial charge in [0, 0.05) is 37.6 Å². The average molecular weight is 279 g/mol. The zero-order chi connectivity index (χ0) is 15.0. The molecule has 1 aliphatic rings. The lowest BCUT2D eigenvalue weighted by molar-refractivity contribution is -0.0580. The largest absolute Gasteiger partial charge is 0.497 e. The summed E-state index contributed by atoms with van der Waals surface area (Å²) < 4.78 is 17.0. The summed E-state index contributed by atoms with van der Waals surface area (Å²) in [7, 11) is 3.38. The van der Waals surface area contributed by atoms with E-state index in [-0.39, 0.29) is 17.2 Å². The minimum Gasteiger partial charge on any atom is -0.497 e. The van der Waals surface area contributed by atoms with Gasteiger partial charge in [-0.2, -0.15) is 0 Å². The molecule has 1 heterocycles. The van der Waals surface area contributed by atoms with Gasteiger partial charge in [0.15, 0.2) is 0 Å². The van der Waals surface area contributed by atoms with Crippen LogP contribution in [0.15, 0.2) is 18.2 Å². The van der Waals surface area contributed by atoms with E-state index >= 15 is 0 Å². The van der Waals surface area contributed by atoms with Gasteiger partial charge >= 0.3 is 0 Å². The normalized spacial score (nSPS) is 25.8. The van der Waals surface area contributed by atoms with E-state index in [1.807, 2.05) is 18.2 Å². The predicted molar refractivity (Wildman–Crippen MR) is 79.3 cm³/mol. The van der Waals surface area contributed by atoms with Crippen LogP contribution in [0.25, 0.3) is 0 Å². The molecule has 2 rings (SSSR count). The number of hydrogen-bond acceptors (Lipinski definition) is 4. The van der Waals surface area contributed by atoms with Gasteiger partial charge in [-0.1, -0.05) is 6.07 Å². The second-order valence-corrected chi connectivity index (χ2v) is 6.41. The molecule has 0 amide bonds. The second-order valence-electron chi connectivity index (χ2n) is 6.41. The van der Waals surface area contributed by atoms with Gasteiger partial charge in [-0.25, -0.2) is 0 Å². The van der Waals surface area contributed by atoms with E-state index in [1.165, 1.54) is 0 Å². The fourth-order valence-corrected chi connectivity index (χ4v) is 3.00. The Bertz CT molecular complexity index is 487. The van der Waals surface area contributed by atoms with Gasteiger partial charge in [0.1, 0.15) is 17.1 Å². The summed E-state index contributed by atoms with van der Waals surface area (Å²) in [5, 5.41) is 0. The van der Waals surface area contributed by atoms with Crippen molar-refractivity contribution in [3.8, 4) is 11.5 Å². The fraction of sp³-hybridized carbons (Fsp3) is 0.625. The van der Waals surface area contributed by atoms with Crippen LogP contribution < -0.4 is 15.2 Å². The van der Waals surface area contributed by atoms with E-state index in [0.29, 0.717) is 0 Å². The Hall–Kier alpha value is -1.26. The standard InChI is InChI=1S/C16H25NO3/c1-15(2,19-5)10-16(3)9-13(17)12-7-6-11(18-4)8-14(12)20-16/h6-8,13H,9-10,17H2,1-5H3/t13-,16?/m0/s1. The van der Waals surface area contributed by atoms with Crippen molar-refractivity contribution < 1.29 is 14.2 Å². The Balaban J connectivity index is 2.29. The molecule has 4 nitrogen and oxygen atoms in total. The van der Waals surface area contributed by atoms with Crippen LogP contribution in [0.5, 0.6) is 11.5 Å². The molecule has 0 saturated carbocycles. The fourth-order valence-electron chi connectivity index (χ4n) is 3.00. The van der Waals surface area contributed by atoms with Gasteiger partial charge in [0.25, 0.3) is 0 Å².